The molecule has 0 unspecified atom stereocenters. The number of methoxy groups -OCH3 is 1. The largest absolute Gasteiger partial charge is 0.465 e. The number of esters is 1. The Morgan fingerprint density at radius 3 is 2.75 bits per heavy atom. The molecule has 1 amide bonds. The van der Waals surface area contributed by atoms with Gasteiger partial charge in [-0.2, -0.15) is 0 Å². The van der Waals surface area contributed by atoms with Crippen LogP contribution in [0.5, 0.6) is 0 Å². The van der Waals surface area contributed by atoms with Gasteiger partial charge < -0.3 is 21.1 Å². The van der Waals surface area contributed by atoms with Gasteiger partial charge in [-0.05, 0) is 25.0 Å². The van der Waals surface area contributed by atoms with Crippen LogP contribution in [0, 0.1) is 5.82 Å². The lowest BCUT2D eigenvalue weighted by molar-refractivity contribution is -0.119. The van der Waals surface area contributed by atoms with Crippen LogP contribution in [-0.4, -0.2) is 31.6 Å². The highest BCUT2D eigenvalue weighted by Crippen LogP contribution is 2.23. The van der Waals surface area contributed by atoms with Crippen LogP contribution in [0.2, 0.25) is 0 Å². The summed E-state index contributed by atoms with van der Waals surface area (Å²) in [4.78, 5) is 23.0. The molecule has 4 N–H and O–H groups in total. The third-order valence-electron chi connectivity index (χ3n) is 2.93. The van der Waals surface area contributed by atoms with Gasteiger partial charge >= 0.3 is 5.97 Å². The van der Waals surface area contributed by atoms with Gasteiger partial charge in [-0.15, -0.1) is 0 Å². The molecule has 1 fully saturated rings. The summed E-state index contributed by atoms with van der Waals surface area (Å²) >= 11 is 0. The molecule has 0 heterocycles. The molecule has 0 aromatic heterocycles. The monoisotopic (exact) mass is 281 g/mol. The first kappa shape index (κ1) is 14.1. The van der Waals surface area contributed by atoms with Crippen molar-refractivity contribution in [3.05, 3.63) is 23.5 Å². The average Bonchev–Trinajstić information content (AvgIpc) is 3.20. The number of halogens is 1. The van der Waals surface area contributed by atoms with Gasteiger partial charge in [0.05, 0.1) is 24.9 Å². The summed E-state index contributed by atoms with van der Waals surface area (Å²) in [6, 6.07) is 2.50. The van der Waals surface area contributed by atoms with Gasteiger partial charge in [-0.25, -0.2) is 9.18 Å². The summed E-state index contributed by atoms with van der Waals surface area (Å²) in [6.07, 6.45) is 1.96. The molecule has 0 bridgehead atoms. The van der Waals surface area contributed by atoms with Crippen LogP contribution in [0.3, 0.4) is 0 Å². The third-order valence-corrected chi connectivity index (χ3v) is 2.93. The highest BCUT2D eigenvalue weighted by atomic mass is 19.1. The van der Waals surface area contributed by atoms with Crippen molar-refractivity contribution in [2.24, 2.45) is 0 Å². The predicted molar refractivity (Wildman–Crippen MR) is 71.8 cm³/mol. The first-order valence-corrected chi connectivity index (χ1v) is 6.22. The zero-order chi connectivity index (χ0) is 14.7. The van der Waals surface area contributed by atoms with Crippen molar-refractivity contribution < 1.29 is 18.7 Å². The fraction of sp³-hybridized carbons (Fsp3) is 0.385. The van der Waals surface area contributed by atoms with E-state index in [2.05, 4.69) is 15.4 Å². The molecule has 1 aromatic rings. The van der Waals surface area contributed by atoms with E-state index in [0.717, 1.165) is 18.9 Å². The Labute approximate surface area is 115 Å². The molecule has 0 radical (unpaired) electrons. The maximum Gasteiger partial charge on any atom is 0.340 e. The summed E-state index contributed by atoms with van der Waals surface area (Å²) < 4.78 is 18.2. The molecular weight excluding hydrogens is 265 g/mol. The van der Waals surface area contributed by atoms with Gasteiger partial charge in [-0.3, -0.25) is 4.79 Å². The van der Waals surface area contributed by atoms with Gasteiger partial charge in [0, 0.05) is 11.7 Å². The van der Waals surface area contributed by atoms with Crippen LogP contribution in [0.1, 0.15) is 23.2 Å². The lowest BCUT2D eigenvalue weighted by atomic mass is 10.1. The Hall–Kier alpha value is -2.31. The fourth-order valence-electron chi connectivity index (χ4n) is 1.69. The summed E-state index contributed by atoms with van der Waals surface area (Å²) in [5, 5.41) is 5.41. The van der Waals surface area contributed by atoms with E-state index >= 15 is 0 Å². The number of anilines is 2. The van der Waals surface area contributed by atoms with Gasteiger partial charge in [0.2, 0.25) is 5.91 Å². The van der Waals surface area contributed by atoms with Crippen molar-refractivity contribution in [1.29, 1.82) is 0 Å². The number of amides is 1. The van der Waals surface area contributed by atoms with E-state index in [1.54, 1.807) is 0 Å². The molecule has 1 aromatic carbocycles. The molecule has 0 saturated heterocycles. The number of benzene rings is 1. The Balaban J connectivity index is 2.05. The van der Waals surface area contributed by atoms with Crippen molar-refractivity contribution in [2.75, 3.05) is 24.7 Å². The minimum Gasteiger partial charge on any atom is -0.465 e. The Kier molecular flexibility index (Phi) is 4.07. The normalized spacial score (nSPS) is 13.7. The lowest BCUT2D eigenvalue weighted by Gasteiger charge is -2.11. The molecular formula is C13H16FN3O3. The number of carbonyl (C=O) groups excluding carboxylic acids is 2. The van der Waals surface area contributed by atoms with Crippen LogP contribution in [0.4, 0.5) is 15.8 Å². The summed E-state index contributed by atoms with van der Waals surface area (Å²) in [5.74, 6) is -1.51. The molecule has 2 rings (SSSR count). The molecule has 1 aliphatic rings. The number of rotatable bonds is 5. The number of carbonyl (C=O) groups is 2. The lowest BCUT2D eigenvalue weighted by Crippen LogP contribution is -2.31. The number of ether oxygens (including phenoxy) is 1. The Bertz CT molecular complexity index is 544. The minimum atomic E-state index is -0.659. The van der Waals surface area contributed by atoms with E-state index in [9.17, 15) is 14.0 Å². The second-order valence-corrected chi connectivity index (χ2v) is 4.61. The van der Waals surface area contributed by atoms with Gasteiger partial charge in [0.1, 0.15) is 5.82 Å². The molecule has 0 atom stereocenters. The highest BCUT2D eigenvalue weighted by molar-refractivity contribution is 5.96. The van der Waals surface area contributed by atoms with Crippen LogP contribution in [0.25, 0.3) is 0 Å². The van der Waals surface area contributed by atoms with Crippen molar-refractivity contribution in [3.8, 4) is 0 Å². The number of hydrogen-bond acceptors (Lipinski definition) is 5. The van der Waals surface area contributed by atoms with Crippen molar-refractivity contribution in [3.63, 3.8) is 0 Å². The minimum absolute atomic E-state index is 0.0117. The topological polar surface area (TPSA) is 93.4 Å². The molecule has 1 aliphatic carbocycles. The van der Waals surface area contributed by atoms with E-state index in [0.29, 0.717) is 0 Å². The van der Waals surface area contributed by atoms with E-state index in [1.807, 2.05) is 0 Å². The summed E-state index contributed by atoms with van der Waals surface area (Å²) in [5.41, 5.74) is 5.62. The first-order valence-electron chi connectivity index (χ1n) is 6.22. The molecule has 0 spiro atoms. The van der Waals surface area contributed by atoms with E-state index < -0.39 is 11.8 Å². The highest BCUT2D eigenvalue weighted by Gasteiger charge is 2.23. The number of hydrogen-bond donors (Lipinski definition) is 3. The van der Waals surface area contributed by atoms with Gasteiger partial charge in [0.25, 0.3) is 0 Å². The van der Waals surface area contributed by atoms with Crippen LogP contribution in [-0.2, 0) is 9.53 Å². The zero-order valence-corrected chi connectivity index (χ0v) is 11.0. The molecule has 20 heavy (non-hydrogen) atoms. The maximum absolute atomic E-state index is 13.7. The van der Waals surface area contributed by atoms with Crippen molar-refractivity contribution >= 4 is 23.3 Å². The predicted octanol–water partition coefficient (Wildman–Crippen LogP) is 0.885. The smallest absolute Gasteiger partial charge is 0.340 e. The molecule has 0 aliphatic heterocycles. The maximum atomic E-state index is 13.7. The number of nitrogen functional groups attached to an aromatic ring is 1. The van der Waals surface area contributed by atoms with Gasteiger partial charge in [0.15, 0.2) is 0 Å². The Morgan fingerprint density at radius 2 is 2.15 bits per heavy atom. The molecule has 6 nitrogen and oxygen atoms in total. The van der Waals surface area contributed by atoms with Crippen molar-refractivity contribution in [1.82, 2.24) is 5.32 Å². The summed E-state index contributed by atoms with van der Waals surface area (Å²) in [6.45, 7) is -0.0715. The Morgan fingerprint density at radius 1 is 1.45 bits per heavy atom. The van der Waals surface area contributed by atoms with E-state index in [-0.39, 0.29) is 35.4 Å². The number of nitrogens with two attached hydrogens (primary N) is 1. The second-order valence-electron chi connectivity index (χ2n) is 4.61. The first-order chi connectivity index (χ1) is 9.51. The van der Waals surface area contributed by atoms with Crippen LogP contribution >= 0.6 is 0 Å². The van der Waals surface area contributed by atoms with E-state index in [1.165, 1.54) is 13.2 Å². The molecule has 108 valence electrons. The van der Waals surface area contributed by atoms with Gasteiger partial charge in [-0.1, -0.05) is 0 Å². The number of nitrogens with one attached hydrogen (secondary N) is 2. The van der Waals surface area contributed by atoms with Crippen molar-refractivity contribution in [2.45, 2.75) is 18.9 Å². The standard InChI is InChI=1S/C13H16FN3O3/c1-20-13(19)8-4-11(9(14)5-10(8)15)16-6-12(18)17-7-2-3-7/h4-5,7,16H,2-3,6,15H2,1H3,(H,17,18). The van der Waals surface area contributed by atoms with Crippen LogP contribution < -0.4 is 16.4 Å². The average molecular weight is 281 g/mol. The van der Waals surface area contributed by atoms with E-state index in [4.69, 9.17) is 5.73 Å². The fourth-order valence-corrected chi connectivity index (χ4v) is 1.69. The third kappa shape index (κ3) is 3.37. The second kappa shape index (κ2) is 5.77. The SMILES string of the molecule is COC(=O)c1cc(NCC(=O)NC2CC2)c(F)cc1N. The van der Waals surface area contributed by atoms with Crippen LogP contribution in [0.15, 0.2) is 12.1 Å². The molecule has 1 saturated carbocycles. The quantitative estimate of drug-likeness (QED) is 0.550. The molecule has 7 heteroatoms. The zero-order valence-electron chi connectivity index (χ0n) is 11.0. The summed E-state index contributed by atoms with van der Waals surface area (Å²) in [7, 11) is 1.21.